The van der Waals surface area contributed by atoms with E-state index in [0.717, 1.165) is 0 Å². The molecule has 26 heavy (non-hydrogen) atoms. The molecule has 2 rings (SSSR count). The minimum atomic E-state index is -0.960. The van der Waals surface area contributed by atoms with Crippen LogP contribution in [0.25, 0.3) is 0 Å². The van der Waals surface area contributed by atoms with Gasteiger partial charge in [-0.25, -0.2) is 0 Å². The summed E-state index contributed by atoms with van der Waals surface area (Å²) >= 11 is 0. The maximum absolute atomic E-state index is 12.5. The standard InChI is InChI=1S/C22H26O4/c1-21(2,19(23)17-11-7-5-8-12-17)25-15-16-26-22(3,4)20(24)18-13-9-6-10-14-18/h5-14H,15-16H2,1-4H3. The quantitative estimate of drug-likeness (QED) is 0.496. The summed E-state index contributed by atoms with van der Waals surface area (Å²) in [5.41, 5.74) is -0.702. The van der Waals surface area contributed by atoms with Crippen LogP contribution in [0.2, 0.25) is 0 Å². The molecule has 0 unspecified atom stereocenters. The van der Waals surface area contributed by atoms with Crippen molar-refractivity contribution in [1.82, 2.24) is 0 Å². The molecule has 0 fully saturated rings. The predicted octanol–water partition coefficient (Wildman–Crippen LogP) is 4.34. The molecule has 0 amide bonds. The summed E-state index contributed by atoms with van der Waals surface area (Å²) in [5.74, 6) is -0.171. The van der Waals surface area contributed by atoms with Crippen LogP contribution in [0.5, 0.6) is 0 Å². The number of hydrogen-bond acceptors (Lipinski definition) is 4. The van der Waals surface area contributed by atoms with Crippen molar-refractivity contribution < 1.29 is 19.1 Å². The summed E-state index contributed by atoms with van der Waals surface area (Å²) in [6, 6.07) is 18.1. The minimum absolute atomic E-state index is 0.0854. The van der Waals surface area contributed by atoms with E-state index in [2.05, 4.69) is 0 Å². The van der Waals surface area contributed by atoms with E-state index in [9.17, 15) is 9.59 Å². The SMILES string of the molecule is CC(C)(OCCOC(C)(C)C(=O)c1ccccc1)C(=O)c1ccccc1. The molecular formula is C22H26O4. The average Bonchev–Trinajstić information content (AvgIpc) is 2.65. The van der Waals surface area contributed by atoms with Crippen molar-refractivity contribution >= 4 is 11.6 Å². The molecule has 0 atom stereocenters. The fourth-order valence-electron chi connectivity index (χ4n) is 2.60. The Morgan fingerprint density at radius 2 is 0.962 bits per heavy atom. The minimum Gasteiger partial charge on any atom is -0.365 e. The molecule has 138 valence electrons. The second kappa shape index (κ2) is 8.39. The van der Waals surface area contributed by atoms with E-state index in [1.807, 2.05) is 36.4 Å². The first-order chi connectivity index (χ1) is 12.2. The molecule has 0 saturated carbocycles. The molecule has 0 aliphatic heterocycles. The zero-order chi connectivity index (χ0) is 19.2. The third-order valence-corrected chi connectivity index (χ3v) is 4.17. The largest absolute Gasteiger partial charge is 0.365 e. The highest BCUT2D eigenvalue weighted by molar-refractivity contribution is 6.02. The van der Waals surface area contributed by atoms with Gasteiger partial charge >= 0.3 is 0 Å². The van der Waals surface area contributed by atoms with Crippen molar-refractivity contribution in [3.63, 3.8) is 0 Å². The summed E-state index contributed by atoms with van der Waals surface area (Å²) in [6.07, 6.45) is 0. The molecular weight excluding hydrogens is 328 g/mol. The Balaban J connectivity index is 1.87. The number of Topliss-reactive ketones (excluding diaryl/α,β-unsaturated/α-hetero) is 2. The lowest BCUT2D eigenvalue weighted by atomic mass is 9.96. The lowest BCUT2D eigenvalue weighted by Gasteiger charge is -2.27. The number of hydrogen-bond donors (Lipinski definition) is 0. The summed E-state index contributed by atoms with van der Waals surface area (Å²) in [5, 5.41) is 0. The second-order valence-electron chi connectivity index (χ2n) is 7.11. The molecule has 0 N–H and O–H groups in total. The van der Waals surface area contributed by atoms with Crippen LogP contribution < -0.4 is 0 Å². The average molecular weight is 354 g/mol. The highest BCUT2D eigenvalue weighted by atomic mass is 16.5. The maximum atomic E-state index is 12.5. The summed E-state index contributed by atoms with van der Waals surface area (Å²) in [7, 11) is 0. The van der Waals surface area contributed by atoms with Crippen LogP contribution in [0.3, 0.4) is 0 Å². The number of ketones is 2. The first-order valence-corrected chi connectivity index (χ1v) is 8.72. The molecule has 0 aliphatic rings. The Hall–Kier alpha value is -2.30. The van der Waals surface area contributed by atoms with Crippen LogP contribution in [-0.4, -0.2) is 36.0 Å². The van der Waals surface area contributed by atoms with Gasteiger partial charge in [0.15, 0.2) is 11.6 Å². The molecule has 0 bridgehead atoms. The van der Waals surface area contributed by atoms with E-state index in [1.165, 1.54) is 0 Å². The Bertz CT molecular complexity index is 668. The second-order valence-corrected chi connectivity index (χ2v) is 7.11. The van der Waals surface area contributed by atoms with Crippen LogP contribution in [0.15, 0.2) is 60.7 Å². The van der Waals surface area contributed by atoms with Gasteiger partial charge < -0.3 is 9.47 Å². The van der Waals surface area contributed by atoms with E-state index in [-0.39, 0.29) is 24.8 Å². The van der Waals surface area contributed by atoms with Gasteiger partial charge in [0, 0.05) is 11.1 Å². The topological polar surface area (TPSA) is 52.6 Å². The maximum Gasteiger partial charge on any atom is 0.194 e. The van der Waals surface area contributed by atoms with E-state index in [0.29, 0.717) is 11.1 Å². The molecule has 0 heterocycles. The zero-order valence-corrected chi connectivity index (χ0v) is 15.8. The van der Waals surface area contributed by atoms with Gasteiger partial charge in [0.05, 0.1) is 13.2 Å². The Morgan fingerprint density at radius 3 is 1.27 bits per heavy atom. The van der Waals surface area contributed by atoms with Gasteiger partial charge in [-0.1, -0.05) is 60.7 Å². The third kappa shape index (κ3) is 5.10. The van der Waals surface area contributed by atoms with Crippen molar-refractivity contribution in [2.75, 3.05) is 13.2 Å². The van der Waals surface area contributed by atoms with Crippen LogP contribution in [0, 0.1) is 0 Å². The molecule has 0 saturated heterocycles. The number of carbonyl (C=O) groups is 2. The molecule has 2 aromatic carbocycles. The van der Waals surface area contributed by atoms with Crippen molar-refractivity contribution in [2.45, 2.75) is 38.9 Å². The monoisotopic (exact) mass is 354 g/mol. The van der Waals surface area contributed by atoms with Gasteiger partial charge in [-0.05, 0) is 27.7 Å². The van der Waals surface area contributed by atoms with Crippen LogP contribution in [0.4, 0.5) is 0 Å². The normalized spacial score (nSPS) is 12.0. The summed E-state index contributed by atoms with van der Waals surface area (Å²) < 4.78 is 11.5. The van der Waals surface area contributed by atoms with Crippen molar-refractivity contribution in [3.8, 4) is 0 Å². The zero-order valence-electron chi connectivity index (χ0n) is 15.8. The summed E-state index contributed by atoms with van der Waals surface area (Å²) in [4.78, 5) is 25.1. The van der Waals surface area contributed by atoms with Gasteiger partial charge in [0.1, 0.15) is 11.2 Å². The highest BCUT2D eigenvalue weighted by Crippen LogP contribution is 2.19. The van der Waals surface area contributed by atoms with Gasteiger partial charge in [-0.3, -0.25) is 9.59 Å². The highest BCUT2D eigenvalue weighted by Gasteiger charge is 2.31. The number of ether oxygens (including phenoxy) is 2. The molecule has 0 spiro atoms. The number of benzene rings is 2. The smallest absolute Gasteiger partial charge is 0.194 e. The number of carbonyl (C=O) groups excluding carboxylic acids is 2. The van der Waals surface area contributed by atoms with Crippen molar-refractivity contribution in [1.29, 1.82) is 0 Å². The van der Waals surface area contributed by atoms with E-state index in [1.54, 1.807) is 52.0 Å². The Morgan fingerprint density at radius 1 is 0.654 bits per heavy atom. The first kappa shape index (κ1) is 20.0. The van der Waals surface area contributed by atoms with Crippen molar-refractivity contribution in [2.24, 2.45) is 0 Å². The molecule has 0 radical (unpaired) electrons. The fourth-order valence-corrected chi connectivity index (χ4v) is 2.60. The molecule has 0 aliphatic carbocycles. The van der Waals surface area contributed by atoms with Crippen LogP contribution in [-0.2, 0) is 9.47 Å². The lowest BCUT2D eigenvalue weighted by Crippen LogP contribution is -2.39. The van der Waals surface area contributed by atoms with Gasteiger partial charge in [-0.2, -0.15) is 0 Å². The Kier molecular flexibility index (Phi) is 6.46. The van der Waals surface area contributed by atoms with Crippen LogP contribution in [0.1, 0.15) is 48.4 Å². The van der Waals surface area contributed by atoms with E-state index < -0.39 is 11.2 Å². The lowest BCUT2D eigenvalue weighted by molar-refractivity contribution is -0.0611. The third-order valence-electron chi connectivity index (χ3n) is 4.17. The van der Waals surface area contributed by atoms with Crippen LogP contribution >= 0.6 is 0 Å². The van der Waals surface area contributed by atoms with Gasteiger partial charge in [0.25, 0.3) is 0 Å². The molecule has 4 heteroatoms. The Labute approximate surface area is 155 Å². The molecule has 0 aromatic heterocycles. The van der Waals surface area contributed by atoms with Gasteiger partial charge in [0.2, 0.25) is 0 Å². The predicted molar refractivity (Wildman–Crippen MR) is 102 cm³/mol. The van der Waals surface area contributed by atoms with Gasteiger partial charge in [-0.15, -0.1) is 0 Å². The van der Waals surface area contributed by atoms with E-state index >= 15 is 0 Å². The van der Waals surface area contributed by atoms with Crippen molar-refractivity contribution in [3.05, 3.63) is 71.8 Å². The molecule has 2 aromatic rings. The number of rotatable bonds is 9. The first-order valence-electron chi connectivity index (χ1n) is 8.72. The fraction of sp³-hybridized carbons (Fsp3) is 0.364. The van der Waals surface area contributed by atoms with E-state index in [4.69, 9.17) is 9.47 Å². The molecule has 4 nitrogen and oxygen atoms in total. The summed E-state index contributed by atoms with van der Waals surface area (Å²) in [6.45, 7) is 7.39.